The van der Waals surface area contributed by atoms with Gasteiger partial charge in [0.05, 0.1) is 0 Å². The van der Waals surface area contributed by atoms with E-state index in [1.54, 1.807) is 0 Å². The number of hydrogen-bond donors (Lipinski definition) is 1. The summed E-state index contributed by atoms with van der Waals surface area (Å²) in [7, 11) is 0. The summed E-state index contributed by atoms with van der Waals surface area (Å²) >= 11 is 0. The first kappa shape index (κ1) is 16.3. The van der Waals surface area contributed by atoms with E-state index in [0.29, 0.717) is 6.42 Å². The molecule has 2 heterocycles. The summed E-state index contributed by atoms with van der Waals surface area (Å²) in [6, 6.07) is 8.29. The fourth-order valence-corrected chi connectivity index (χ4v) is 3.57. The molecule has 0 saturated carbocycles. The van der Waals surface area contributed by atoms with Gasteiger partial charge < -0.3 is 15.1 Å². The molecule has 126 valence electrons. The summed E-state index contributed by atoms with van der Waals surface area (Å²) < 4.78 is 0. The van der Waals surface area contributed by atoms with Crippen molar-refractivity contribution >= 4 is 17.3 Å². The van der Waals surface area contributed by atoms with Crippen LogP contribution in [-0.4, -0.2) is 43.5 Å². The third-order valence-electron chi connectivity index (χ3n) is 4.98. The smallest absolute Gasteiger partial charge is 0.225 e. The Balaban J connectivity index is 1.43. The van der Waals surface area contributed by atoms with Gasteiger partial charge in [-0.3, -0.25) is 4.79 Å². The van der Waals surface area contributed by atoms with Crippen LogP contribution in [0.25, 0.3) is 0 Å². The molecule has 2 saturated heterocycles. The highest BCUT2D eigenvalue weighted by atomic mass is 16.1. The quantitative estimate of drug-likeness (QED) is 0.903. The summed E-state index contributed by atoms with van der Waals surface area (Å²) in [5, 5.41) is 3.03. The molecule has 1 amide bonds. The Labute approximate surface area is 139 Å². The standard InChI is InChI=1S/C19H29N3O/c23-19(11-16-21-12-3-1-2-4-13-21)20-17-7-9-18(10-8-17)22-14-5-6-15-22/h7-10H,1-6,11-16H2,(H,20,23). The number of hydrogen-bond acceptors (Lipinski definition) is 3. The zero-order valence-electron chi connectivity index (χ0n) is 14.1. The molecule has 2 aliphatic rings. The van der Waals surface area contributed by atoms with E-state index < -0.39 is 0 Å². The molecule has 0 unspecified atom stereocenters. The number of likely N-dealkylation sites (tertiary alicyclic amines) is 1. The number of carbonyl (C=O) groups is 1. The molecule has 2 fully saturated rings. The second-order valence-corrected chi connectivity index (χ2v) is 6.80. The highest BCUT2D eigenvalue weighted by Crippen LogP contribution is 2.22. The maximum absolute atomic E-state index is 12.1. The van der Waals surface area contributed by atoms with Gasteiger partial charge in [0, 0.05) is 37.4 Å². The van der Waals surface area contributed by atoms with Crippen LogP contribution in [0.1, 0.15) is 44.9 Å². The first-order valence-corrected chi connectivity index (χ1v) is 9.18. The van der Waals surface area contributed by atoms with Crippen LogP contribution < -0.4 is 10.2 Å². The van der Waals surface area contributed by atoms with Gasteiger partial charge in [0.2, 0.25) is 5.91 Å². The van der Waals surface area contributed by atoms with Crippen molar-refractivity contribution < 1.29 is 4.79 Å². The van der Waals surface area contributed by atoms with E-state index in [9.17, 15) is 4.79 Å². The lowest BCUT2D eigenvalue weighted by Gasteiger charge is -2.19. The molecular weight excluding hydrogens is 286 g/mol. The predicted molar refractivity (Wildman–Crippen MR) is 96.0 cm³/mol. The highest BCUT2D eigenvalue weighted by Gasteiger charge is 2.13. The van der Waals surface area contributed by atoms with E-state index in [1.807, 2.05) is 12.1 Å². The van der Waals surface area contributed by atoms with E-state index in [2.05, 4.69) is 27.2 Å². The Morgan fingerprint density at radius 2 is 1.48 bits per heavy atom. The fraction of sp³-hybridized carbons (Fsp3) is 0.632. The van der Waals surface area contributed by atoms with Crippen molar-refractivity contribution in [3.63, 3.8) is 0 Å². The van der Waals surface area contributed by atoms with Crippen LogP contribution in [-0.2, 0) is 4.79 Å². The van der Waals surface area contributed by atoms with Crippen LogP contribution >= 0.6 is 0 Å². The van der Waals surface area contributed by atoms with Gasteiger partial charge in [0.1, 0.15) is 0 Å². The zero-order valence-corrected chi connectivity index (χ0v) is 14.1. The Kier molecular flexibility index (Phi) is 5.92. The minimum absolute atomic E-state index is 0.128. The van der Waals surface area contributed by atoms with E-state index in [4.69, 9.17) is 0 Å². The normalized spacial score (nSPS) is 19.6. The lowest BCUT2D eigenvalue weighted by molar-refractivity contribution is -0.116. The summed E-state index contributed by atoms with van der Waals surface area (Å²) in [6.07, 6.45) is 8.40. The molecule has 0 aliphatic carbocycles. The molecule has 1 aromatic carbocycles. The highest BCUT2D eigenvalue weighted by molar-refractivity contribution is 5.91. The van der Waals surface area contributed by atoms with Crippen molar-refractivity contribution in [1.29, 1.82) is 0 Å². The molecule has 2 aliphatic heterocycles. The maximum Gasteiger partial charge on any atom is 0.225 e. The summed E-state index contributed by atoms with van der Waals surface area (Å²) in [6.45, 7) is 5.50. The molecule has 3 rings (SSSR count). The van der Waals surface area contributed by atoms with Crippen molar-refractivity contribution in [3.8, 4) is 0 Å². The van der Waals surface area contributed by atoms with Crippen LogP contribution in [0.2, 0.25) is 0 Å². The number of rotatable bonds is 5. The van der Waals surface area contributed by atoms with Crippen molar-refractivity contribution in [2.45, 2.75) is 44.9 Å². The number of anilines is 2. The molecular formula is C19H29N3O. The Morgan fingerprint density at radius 3 is 2.13 bits per heavy atom. The lowest BCUT2D eigenvalue weighted by atomic mass is 10.2. The van der Waals surface area contributed by atoms with E-state index >= 15 is 0 Å². The van der Waals surface area contributed by atoms with Crippen molar-refractivity contribution in [2.24, 2.45) is 0 Å². The van der Waals surface area contributed by atoms with Crippen LogP contribution in [0, 0.1) is 0 Å². The second kappa shape index (κ2) is 8.34. The second-order valence-electron chi connectivity index (χ2n) is 6.80. The number of nitrogens with one attached hydrogen (secondary N) is 1. The minimum Gasteiger partial charge on any atom is -0.372 e. The fourth-order valence-electron chi connectivity index (χ4n) is 3.57. The molecule has 0 radical (unpaired) electrons. The lowest BCUT2D eigenvalue weighted by Crippen LogP contribution is -2.28. The number of amides is 1. The average molecular weight is 315 g/mol. The molecule has 0 aromatic heterocycles. The van der Waals surface area contributed by atoms with Crippen molar-refractivity contribution in [3.05, 3.63) is 24.3 Å². The van der Waals surface area contributed by atoms with Crippen LogP contribution in [0.15, 0.2) is 24.3 Å². The molecule has 1 aromatic rings. The molecule has 0 atom stereocenters. The topological polar surface area (TPSA) is 35.6 Å². The first-order valence-electron chi connectivity index (χ1n) is 9.18. The van der Waals surface area contributed by atoms with Crippen LogP contribution in [0.4, 0.5) is 11.4 Å². The SMILES string of the molecule is O=C(CCN1CCCCCC1)Nc1ccc(N2CCCC2)cc1. The van der Waals surface area contributed by atoms with Crippen molar-refractivity contribution in [2.75, 3.05) is 42.9 Å². The molecule has 4 heteroatoms. The zero-order chi connectivity index (χ0) is 15.9. The van der Waals surface area contributed by atoms with Crippen molar-refractivity contribution in [1.82, 2.24) is 4.90 Å². The summed E-state index contributed by atoms with van der Waals surface area (Å²) in [4.78, 5) is 17.0. The maximum atomic E-state index is 12.1. The van der Waals surface area contributed by atoms with Gasteiger partial charge in [0.15, 0.2) is 0 Å². The largest absolute Gasteiger partial charge is 0.372 e. The van der Waals surface area contributed by atoms with E-state index in [0.717, 1.165) is 38.4 Å². The number of benzene rings is 1. The van der Waals surface area contributed by atoms with Gasteiger partial charge >= 0.3 is 0 Å². The van der Waals surface area contributed by atoms with Gasteiger partial charge in [-0.15, -0.1) is 0 Å². The van der Waals surface area contributed by atoms with Crippen LogP contribution in [0.5, 0.6) is 0 Å². The van der Waals surface area contributed by atoms with Gasteiger partial charge in [-0.25, -0.2) is 0 Å². The van der Waals surface area contributed by atoms with E-state index in [1.165, 1.54) is 44.2 Å². The van der Waals surface area contributed by atoms with Gasteiger partial charge in [-0.2, -0.15) is 0 Å². The minimum atomic E-state index is 0.128. The average Bonchev–Trinajstić information content (AvgIpc) is 2.98. The van der Waals surface area contributed by atoms with Crippen LogP contribution in [0.3, 0.4) is 0 Å². The Morgan fingerprint density at radius 1 is 0.870 bits per heavy atom. The van der Waals surface area contributed by atoms with Gasteiger partial charge in [0.25, 0.3) is 0 Å². The first-order chi connectivity index (χ1) is 11.3. The molecule has 23 heavy (non-hydrogen) atoms. The number of nitrogens with zero attached hydrogens (tertiary/aromatic N) is 2. The monoisotopic (exact) mass is 315 g/mol. The van der Waals surface area contributed by atoms with Gasteiger partial charge in [-0.05, 0) is 63.0 Å². The van der Waals surface area contributed by atoms with Gasteiger partial charge in [-0.1, -0.05) is 12.8 Å². The third-order valence-corrected chi connectivity index (χ3v) is 4.98. The summed E-state index contributed by atoms with van der Waals surface area (Å²) in [5.41, 5.74) is 2.18. The number of carbonyl (C=O) groups excluding carboxylic acids is 1. The molecule has 4 nitrogen and oxygen atoms in total. The predicted octanol–water partition coefficient (Wildman–Crippen LogP) is 3.49. The summed E-state index contributed by atoms with van der Waals surface area (Å²) in [5.74, 6) is 0.128. The molecule has 0 spiro atoms. The molecule has 0 bridgehead atoms. The Bertz CT molecular complexity index is 486. The third kappa shape index (κ3) is 4.96. The Hall–Kier alpha value is -1.55. The van der Waals surface area contributed by atoms with E-state index in [-0.39, 0.29) is 5.91 Å². The molecule has 1 N–H and O–H groups in total.